The fourth-order valence-electron chi connectivity index (χ4n) is 1.27. The zero-order valence-electron chi connectivity index (χ0n) is 9.74. The molecular weight excluding hydrogens is 206 g/mol. The average molecular weight is 224 g/mol. The third-order valence-corrected chi connectivity index (χ3v) is 5.44. The van der Waals surface area contributed by atoms with E-state index in [4.69, 9.17) is 4.74 Å². The summed E-state index contributed by atoms with van der Waals surface area (Å²) in [6.45, 7) is 10.1. The number of aliphatic hydroxyl groups is 1. The minimum atomic E-state index is -1.85. The first-order chi connectivity index (χ1) is 6.80. The van der Waals surface area contributed by atoms with E-state index < -0.39 is 13.3 Å². The maximum atomic E-state index is 10.5. The minimum Gasteiger partial charge on any atom is -0.496 e. The molecule has 0 aliphatic heterocycles. The molecule has 1 rings (SSSR count). The van der Waals surface area contributed by atoms with E-state index in [2.05, 4.69) is 31.5 Å². The quantitative estimate of drug-likeness (QED) is 0.798. The molecule has 0 amide bonds. The van der Waals surface area contributed by atoms with Gasteiger partial charge in [-0.15, -0.1) is 0 Å². The van der Waals surface area contributed by atoms with Crippen molar-refractivity contribution in [3.8, 4) is 5.75 Å². The highest BCUT2D eigenvalue weighted by atomic mass is 28.3. The standard InChI is InChI=1S/C11H18NO2Si/c1-11(13,15(3,4)5)9-8-12-7-6-10(9)14-2/h6-8,13H,1H2,2-5H3. The molecule has 0 aliphatic rings. The summed E-state index contributed by atoms with van der Waals surface area (Å²) in [6, 6.07) is 1.74. The van der Waals surface area contributed by atoms with Crippen molar-refractivity contribution < 1.29 is 9.84 Å². The van der Waals surface area contributed by atoms with Crippen LogP contribution in [-0.4, -0.2) is 25.3 Å². The second kappa shape index (κ2) is 3.94. The van der Waals surface area contributed by atoms with Crippen LogP contribution in [0.5, 0.6) is 5.75 Å². The summed E-state index contributed by atoms with van der Waals surface area (Å²) in [5.41, 5.74) is 0.673. The van der Waals surface area contributed by atoms with Crippen LogP contribution in [0.4, 0.5) is 0 Å². The Labute approximate surface area is 92.1 Å². The van der Waals surface area contributed by atoms with Gasteiger partial charge in [0.25, 0.3) is 0 Å². The van der Waals surface area contributed by atoms with Gasteiger partial charge in [0.1, 0.15) is 5.75 Å². The second-order valence-corrected chi connectivity index (χ2v) is 10.0. The number of pyridine rings is 1. The Morgan fingerprint density at radius 1 is 1.47 bits per heavy atom. The van der Waals surface area contributed by atoms with E-state index in [9.17, 15) is 5.11 Å². The van der Waals surface area contributed by atoms with Crippen molar-refractivity contribution >= 4 is 8.07 Å². The van der Waals surface area contributed by atoms with Gasteiger partial charge in [-0.2, -0.15) is 0 Å². The van der Waals surface area contributed by atoms with E-state index in [1.807, 2.05) is 0 Å². The van der Waals surface area contributed by atoms with Gasteiger partial charge in [0, 0.05) is 18.0 Å². The number of nitrogens with zero attached hydrogens (tertiary/aromatic N) is 1. The highest BCUT2D eigenvalue weighted by Crippen LogP contribution is 2.35. The first kappa shape index (κ1) is 12.2. The Balaban J connectivity index is 3.26. The van der Waals surface area contributed by atoms with Crippen LogP contribution in [0, 0.1) is 6.92 Å². The molecule has 0 fully saturated rings. The lowest BCUT2D eigenvalue weighted by atomic mass is 10.1. The Hall–Kier alpha value is -0.873. The van der Waals surface area contributed by atoms with E-state index >= 15 is 0 Å². The van der Waals surface area contributed by atoms with E-state index in [0.717, 1.165) is 0 Å². The number of hydrogen-bond donors (Lipinski definition) is 1. The number of ether oxygens (including phenoxy) is 1. The normalized spacial score (nSPS) is 15.9. The molecule has 1 unspecified atom stereocenters. The van der Waals surface area contributed by atoms with Crippen LogP contribution < -0.4 is 4.74 Å². The predicted octanol–water partition coefficient (Wildman–Crippen LogP) is 1.99. The Bertz CT molecular complexity index is 345. The molecule has 0 spiro atoms. The SMILES string of the molecule is [CH2]C(O)(c1cnccc1OC)[Si](C)(C)C. The molecule has 0 bridgehead atoms. The van der Waals surface area contributed by atoms with Crippen LogP contribution in [-0.2, 0) is 5.22 Å². The smallest absolute Gasteiger partial charge is 0.127 e. The molecule has 83 valence electrons. The van der Waals surface area contributed by atoms with E-state index in [1.54, 1.807) is 25.6 Å². The topological polar surface area (TPSA) is 42.4 Å². The van der Waals surface area contributed by atoms with Crippen molar-refractivity contribution in [3.05, 3.63) is 30.9 Å². The number of methoxy groups -OCH3 is 1. The molecule has 1 aromatic heterocycles. The average Bonchev–Trinajstić information content (AvgIpc) is 2.16. The van der Waals surface area contributed by atoms with Crippen molar-refractivity contribution in [2.75, 3.05) is 7.11 Å². The van der Waals surface area contributed by atoms with Crippen LogP contribution in [0.1, 0.15) is 5.56 Å². The summed E-state index contributed by atoms with van der Waals surface area (Å²) in [5.74, 6) is 0.643. The molecule has 1 radical (unpaired) electrons. The van der Waals surface area contributed by atoms with Gasteiger partial charge in [0.15, 0.2) is 0 Å². The van der Waals surface area contributed by atoms with Gasteiger partial charge < -0.3 is 9.84 Å². The molecule has 3 nitrogen and oxygen atoms in total. The van der Waals surface area contributed by atoms with E-state index in [0.29, 0.717) is 11.3 Å². The molecule has 1 N–H and O–H groups in total. The second-order valence-electron chi connectivity index (χ2n) is 4.69. The fraction of sp³-hybridized carbons (Fsp3) is 0.455. The number of rotatable bonds is 3. The van der Waals surface area contributed by atoms with Gasteiger partial charge in [-0.05, 0) is 13.0 Å². The maximum absolute atomic E-state index is 10.5. The summed E-state index contributed by atoms with van der Waals surface area (Å²) in [6.07, 6.45) is 3.27. The molecule has 1 heterocycles. The summed E-state index contributed by atoms with van der Waals surface area (Å²) in [4.78, 5) is 4.02. The monoisotopic (exact) mass is 224 g/mol. The summed E-state index contributed by atoms with van der Waals surface area (Å²) < 4.78 is 5.21. The highest BCUT2D eigenvalue weighted by molar-refractivity contribution is 6.78. The van der Waals surface area contributed by atoms with E-state index in [-0.39, 0.29) is 0 Å². The minimum absolute atomic E-state index is 0.643. The first-order valence-electron chi connectivity index (χ1n) is 4.87. The molecule has 0 saturated heterocycles. The maximum Gasteiger partial charge on any atom is 0.127 e. The molecule has 4 heteroatoms. The lowest BCUT2D eigenvalue weighted by Crippen LogP contribution is -2.47. The van der Waals surface area contributed by atoms with Crippen molar-refractivity contribution in [1.82, 2.24) is 4.98 Å². The lowest BCUT2D eigenvalue weighted by molar-refractivity contribution is 0.160. The van der Waals surface area contributed by atoms with Gasteiger partial charge in [0.2, 0.25) is 0 Å². The van der Waals surface area contributed by atoms with Crippen LogP contribution in [0.25, 0.3) is 0 Å². The van der Waals surface area contributed by atoms with Crippen molar-refractivity contribution in [3.63, 3.8) is 0 Å². The summed E-state index contributed by atoms with van der Waals surface area (Å²) in [5, 5.41) is 9.39. The van der Waals surface area contributed by atoms with Crippen molar-refractivity contribution in [1.29, 1.82) is 0 Å². The van der Waals surface area contributed by atoms with Crippen molar-refractivity contribution in [2.45, 2.75) is 24.9 Å². The molecule has 1 aromatic rings. The molecule has 15 heavy (non-hydrogen) atoms. The third-order valence-electron chi connectivity index (χ3n) is 2.69. The Morgan fingerprint density at radius 3 is 2.53 bits per heavy atom. The van der Waals surface area contributed by atoms with Gasteiger partial charge in [-0.25, -0.2) is 0 Å². The zero-order chi connectivity index (χ0) is 11.7. The zero-order valence-corrected chi connectivity index (χ0v) is 10.7. The van der Waals surface area contributed by atoms with E-state index in [1.165, 1.54) is 0 Å². The molecular formula is C11H18NO2Si. The summed E-state index contributed by atoms with van der Waals surface area (Å²) >= 11 is 0. The van der Waals surface area contributed by atoms with Crippen LogP contribution in [0.3, 0.4) is 0 Å². The van der Waals surface area contributed by atoms with Gasteiger partial charge >= 0.3 is 0 Å². The first-order valence-corrected chi connectivity index (χ1v) is 8.37. The van der Waals surface area contributed by atoms with Crippen LogP contribution in [0.15, 0.2) is 18.5 Å². The molecule has 0 aromatic carbocycles. The van der Waals surface area contributed by atoms with Crippen LogP contribution >= 0.6 is 0 Å². The number of aromatic nitrogens is 1. The molecule has 0 aliphatic carbocycles. The third kappa shape index (κ3) is 2.21. The van der Waals surface area contributed by atoms with Crippen molar-refractivity contribution in [2.24, 2.45) is 0 Å². The predicted molar refractivity (Wildman–Crippen MR) is 63.4 cm³/mol. The Morgan fingerprint density at radius 2 is 2.07 bits per heavy atom. The van der Waals surface area contributed by atoms with Gasteiger partial charge in [-0.1, -0.05) is 19.6 Å². The van der Waals surface area contributed by atoms with Gasteiger partial charge in [0.05, 0.1) is 20.4 Å². The molecule has 0 saturated carbocycles. The molecule has 1 atom stereocenters. The van der Waals surface area contributed by atoms with Crippen LogP contribution in [0.2, 0.25) is 19.6 Å². The largest absolute Gasteiger partial charge is 0.496 e. The van der Waals surface area contributed by atoms with Gasteiger partial charge in [-0.3, -0.25) is 4.98 Å². The Kier molecular flexibility index (Phi) is 3.21. The lowest BCUT2D eigenvalue weighted by Gasteiger charge is -2.36. The summed E-state index contributed by atoms with van der Waals surface area (Å²) in [7, 11) is -0.266. The fourth-order valence-corrected chi connectivity index (χ4v) is 2.27. The number of hydrogen-bond acceptors (Lipinski definition) is 3. The highest BCUT2D eigenvalue weighted by Gasteiger charge is 2.41.